The first-order chi connectivity index (χ1) is 11.6. The number of thiophene rings is 1. The molecule has 3 rings (SSSR count). The Morgan fingerprint density at radius 1 is 1.21 bits per heavy atom. The molecule has 1 amide bonds. The van der Waals surface area contributed by atoms with E-state index in [1.54, 1.807) is 17.5 Å². The third-order valence-electron chi connectivity index (χ3n) is 3.61. The van der Waals surface area contributed by atoms with Crippen molar-refractivity contribution in [1.29, 1.82) is 0 Å². The minimum absolute atomic E-state index is 0.0000270. The quantitative estimate of drug-likeness (QED) is 0.715. The number of carbonyl (C=O) groups is 1. The smallest absolute Gasteiger partial charge is 0.226 e. The van der Waals surface area contributed by atoms with Crippen LogP contribution in [0.15, 0.2) is 47.3 Å². The number of hydrogen-bond donors (Lipinski definition) is 1. The van der Waals surface area contributed by atoms with Crippen LogP contribution in [0.25, 0.3) is 10.7 Å². The second-order valence-electron chi connectivity index (χ2n) is 5.84. The van der Waals surface area contributed by atoms with E-state index in [0.29, 0.717) is 5.92 Å². The van der Waals surface area contributed by atoms with Crippen molar-refractivity contribution in [3.8, 4) is 10.7 Å². The first-order valence-corrected chi connectivity index (χ1v) is 9.58. The van der Waals surface area contributed by atoms with Crippen LogP contribution in [0.4, 0.5) is 0 Å². The fourth-order valence-electron chi connectivity index (χ4n) is 2.42. The summed E-state index contributed by atoms with van der Waals surface area (Å²) < 4.78 is 0. The van der Waals surface area contributed by atoms with Crippen LogP contribution in [-0.4, -0.2) is 15.9 Å². The molecule has 24 heavy (non-hydrogen) atoms. The van der Waals surface area contributed by atoms with E-state index in [-0.39, 0.29) is 18.4 Å². The number of hydrogen-bond acceptors (Lipinski definition) is 5. The largest absolute Gasteiger partial charge is 0.348 e. The van der Waals surface area contributed by atoms with E-state index in [1.807, 2.05) is 35.0 Å². The van der Waals surface area contributed by atoms with Crippen molar-refractivity contribution in [2.75, 3.05) is 0 Å². The summed E-state index contributed by atoms with van der Waals surface area (Å²) in [5.74, 6) is 0.340. The van der Waals surface area contributed by atoms with E-state index in [9.17, 15) is 4.79 Å². The van der Waals surface area contributed by atoms with Crippen LogP contribution in [0.2, 0.25) is 0 Å². The van der Waals surface area contributed by atoms with Crippen molar-refractivity contribution in [3.63, 3.8) is 0 Å². The van der Waals surface area contributed by atoms with E-state index in [2.05, 4.69) is 35.2 Å². The Kier molecular flexibility index (Phi) is 5.37. The highest BCUT2D eigenvalue weighted by atomic mass is 32.1. The maximum atomic E-state index is 12.4. The molecule has 0 aliphatic rings. The lowest BCUT2D eigenvalue weighted by Crippen LogP contribution is -2.32. The molecule has 0 radical (unpaired) electrons. The van der Waals surface area contributed by atoms with Gasteiger partial charge in [-0.15, -0.1) is 22.7 Å². The monoisotopic (exact) mass is 357 g/mol. The van der Waals surface area contributed by atoms with Crippen molar-refractivity contribution in [2.24, 2.45) is 5.92 Å². The van der Waals surface area contributed by atoms with Crippen molar-refractivity contribution >= 4 is 28.6 Å². The number of amides is 1. The molecule has 3 aromatic heterocycles. The molecule has 0 saturated carbocycles. The van der Waals surface area contributed by atoms with Crippen LogP contribution in [0.1, 0.15) is 30.5 Å². The summed E-state index contributed by atoms with van der Waals surface area (Å²) in [4.78, 5) is 22.4. The summed E-state index contributed by atoms with van der Waals surface area (Å²) >= 11 is 3.19. The van der Waals surface area contributed by atoms with E-state index in [1.165, 1.54) is 16.2 Å². The average Bonchev–Trinajstić information content (AvgIpc) is 3.25. The average molecular weight is 358 g/mol. The number of carbonyl (C=O) groups excluding carboxylic acids is 1. The van der Waals surface area contributed by atoms with Gasteiger partial charge in [0.25, 0.3) is 0 Å². The van der Waals surface area contributed by atoms with Gasteiger partial charge in [-0.25, -0.2) is 4.98 Å². The first-order valence-electron chi connectivity index (χ1n) is 7.82. The number of pyridine rings is 1. The van der Waals surface area contributed by atoms with Gasteiger partial charge in [0.05, 0.1) is 23.9 Å². The molecule has 0 saturated heterocycles. The molecule has 1 N–H and O–H groups in total. The van der Waals surface area contributed by atoms with Gasteiger partial charge in [0.15, 0.2) is 0 Å². The molecular formula is C18H19N3OS2. The molecule has 1 unspecified atom stereocenters. The van der Waals surface area contributed by atoms with Gasteiger partial charge in [-0.3, -0.25) is 9.78 Å². The molecule has 3 heterocycles. The van der Waals surface area contributed by atoms with Gasteiger partial charge < -0.3 is 5.32 Å². The van der Waals surface area contributed by atoms with Crippen LogP contribution in [-0.2, 0) is 11.2 Å². The highest BCUT2D eigenvalue weighted by Gasteiger charge is 2.20. The molecule has 0 spiro atoms. The van der Waals surface area contributed by atoms with Gasteiger partial charge >= 0.3 is 0 Å². The number of aromatic nitrogens is 2. The number of rotatable bonds is 6. The second kappa shape index (κ2) is 7.68. The van der Waals surface area contributed by atoms with Crippen molar-refractivity contribution in [3.05, 3.63) is 57.9 Å². The van der Waals surface area contributed by atoms with E-state index in [4.69, 9.17) is 0 Å². The Morgan fingerprint density at radius 3 is 2.75 bits per heavy atom. The summed E-state index contributed by atoms with van der Waals surface area (Å²) in [5.41, 5.74) is 1.62. The lowest BCUT2D eigenvalue weighted by molar-refractivity contribution is -0.121. The minimum atomic E-state index is -0.0000270. The van der Waals surface area contributed by atoms with Crippen LogP contribution in [0.3, 0.4) is 0 Å². The molecule has 0 bridgehead atoms. The third-order valence-corrected chi connectivity index (χ3v) is 5.48. The summed E-state index contributed by atoms with van der Waals surface area (Å²) in [7, 11) is 0. The fraction of sp³-hybridized carbons (Fsp3) is 0.278. The highest BCUT2D eigenvalue weighted by Crippen LogP contribution is 2.26. The van der Waals surface area contributed by atoms with Crippen LogP contribution in [0, 0.1) is 5.92 Å². The molecule has 0 aliphatic heterocycles. The van der Waals surface area contributed by atoms with Gasteiger partial charge in [-0.2, -0.15) is 0 Å². The summed E-state index contributed by atoms with van der Waals surface area (Å²) in [6, 6.07) is 9.87. The van der Waals surface area contributed by atoms with Gasteiger partial charge in [0.2, 0.25) is 5.91 Å². The topological polar surface area (TPSA) is 54.9 Å². The van der Waals surface area contributed by atoms with Crippen LogP contribution in [0.5, 0.6) is 0 Å². The first kappa shape index (κ1) is 16.8. The molecule has 0 aliphatic carbocycles. The van der Waals surface area contributed by atoms with E-state index < -0.39 is 0 Å². The number of nitrogens with zero attached hydrogens (tertiary/aromatic N) is 2. The molecular weight excluding hydrogens is 338 g/mol. The lowest BCUT2D eigenvalue weighted by atomic mass is 10.0. The van der Waals surface area contributed by atoms with Crippen LogP contribution < -0.4 is 5.32 Å². The Hall–Kier alpha value is -2.05. The predicted octanol–water partition coefficient (Wildman–Crippen LogP) is 4.32. The molecule has 0 fully saturated rings. The molecule has 1 atom stereocenters. The number of thiazole rings is 1. The van der Waals surface area contributed by atoms with E-state index >= 15 is 0 Å². The molecule has 4 nitrogen and oxygen atoms in total. The molecule has 124 valence electrons. The standard InChI is InChI=1S/C18H19N3OS2/c1-12(2)17(15-7-5-9-23-15)21-16(22)10-13-11-24-18(20-13)14-6-3-4-8-19-14/h3-9,11-12,17H,10H2,1-2H3,(H,21,22). The van der Waals surface area contributed by atoms with Crippen molar-refractivity contribution < 1.29 is 4.79 Å². The Balaban J connectivity index is 1.66. The van der Waals surface area contributed by atoms with Crippen LogP contribution >= 0.6 is 22.7 Å². The zero-order chi connectivity index (χ0) is 16.9. The zero-order valence-corrected chi connectivity index (χ0v) is 15.2. The van der Waals surface area contributed by atoms with Gasteiger partial charge in [-0.05, 0) is 29.5 Å². The number of nitrogens with one attached hydrogen (secondary N) is 1. The minimum Gasteiger partial charge on any atom is -0.348 e. The summed E-state index contributed by atoms with van der Waals surface area (Å²) in [6.45, 7) is 4.24. The highest BCUT2D eigenvalue weighted by molar-refractivity contribution is 7.13. The summed E-state index contributed by atoms with van der Waals surface area (Å²) in [5, 5.41) is 7.95. The zero-order valence-electron chi connectivity index (χ0n) is 13.6. The summed E-state index contributed by atoms with van der Waals surface area (Å²) in [6.07, 6.45) is 2.04. The van der Waals surface area contributed by atoms with Gasteiger partial charge in [0.1, 0.15) is 5.01 Å². The Morgan fingerprint density at radius 2 is 2.08 bits per heavy atom. The van der Waals surface area contributed by atoms with Crippen molar-refractivity contribution in [2.45, 2.75) is 26.3 Å². The lowest BCUT2D eigenvalue weighted by Gasteiger charge is -2.21. The maximum absolute atomic E-state index is 12.4. The van der Waals surface area contributed by atoms with Gasteiger partial charge in [0, 0.05) is 16.5 Å². The van der Waals surface area contributed by atoms with E-state index in [0.717, 1.165) is 16.4 Å². The van der Waals surface area contributed by atoms with Crippen molar-refractivity contribution in [1.82, 2.24) is 15.3 Å². The Bertz CT molecular complexity index is 782. The Labute approximate surface area is 149 Å². The maximum Gasteiger partial charge on any atom is 0.226 e. The molecule has 0 aromatic carbocycles. The normalized spacial score (nSPS) is 12.3. The predicted molar refractivity (Wildman–Crippen MR) is 99.1 cm³/mol. The van der Waals surface area contributed by atoms with Gasteiger partial charge in [-0.1, -0.05) is 26.0 Å². The SMILES string of the molecule is CC(C)C(NC(=O)Cc1csc(-c2ccccn2)n1)c1cccs1. The molecule has 6 heteroatoms. The third kappa shape index (κ3) is 4.07. The molecule has 3 aromatic rings. The fourth-order valence-corrected chi connectivity index (χ4v) is 4.16. The second-order valence-corrected chi connectivity index (χ2v) is 7.68.